The van der Waals surface area contributed by atoms with Crippen molar-refractivity contribution >= 4 is 23.2 Å². The normalized spacial score (nSPS) is 11.8. The zero-order valence-electron chi connectivity index (χ0n) is 18.9. The molecule has 0 amide bonds. The molecular weight excluding hydrogens is 415 g/mol. The fourth-order valence-electron chi connectivity index (χ4n) is 4.25. The smallest absolute Gasteiger partial charge is 0.0842 e. The molecule has 0 aliphatic heterocycles. The minimum absolute atomic E-state index is 1.02. The number of benzene rings is 4. The minimum Gasteiger partial charge on any atom is -0.0842 e. The van der Waals surface area contributed by atoms with Gasteiger partial charge in [0.25, 0.3) is 0 Å². The van der Waals surface area contributed by atoms with Gasteiger partial charge in [-0.3, -0.25) is 0 Å². The second-order valence-corrected chi connectivity index (χ2v) is 11.4. The Hall–Kier alpha value is -3.47. The summed E-state index contributed by atoms with van der Waals surface area (Å²) in [6, 6.07) is 43.2. The van der Waals surface area contributed by atoms with Crippen LogP contribution < -0.4 is 15.9 Å². The van der Waals surface area contributed by atoms with Crippen molar-refractivity contribution in [2.24, 2.45) is 0 Å². The van der Waals surface area contributed by atoms with E-state index in [0.29, 0.717) is 0 Å². The molecular formula is C32H30P+. The number of hydrogen-bond acceptors (Lipinski definition) is 0. The summed E-state index contributed by atoms with van der Waals surface area (Å²) in [6.07, 6.45) is 10.8. The van der Waals surface area contributed by atoms with Crippen LogP contribution in [0, 0.1) is 0 Å². The van der Waals surface area contributed by atoms with Crippen molar-refractivity contribution in [3.63, 3.8) is 0 Å². The van der Waals surface area contributed by atoms with Crippen LogP contribution in [0.5, 0.6) is 0 Å². The Kier molecular flexibility index (Phi) is 7.85. The Bertz CT molecular complexity index is 1090. The summed E-state index contributed by atoms with van der Waals surface area (Å²) >= 11 is 0. The average Bonchev–Trinajstić information content (AvgIpc) is 2.89. The molecule has 0 nitrogen and oxygen atoms in total. The lowest BCUT2D eigenvalue weighted by Crippen LogP contribution is -2.31. The molecule has 0 bridgehead atoms. The van der Waals surface area contributed by atoms with Crippen LogP contribution in [0.2, 0.25) is 0 Å². The first-order valence-electron chi connectivity index (χ1n) is 11.4. The van der Waals surface area contributed by atoms with E-state index in [4.69, 9.17) is 0 Å². The van der Waals surface area contributed by atoms with Crippen LogP contribution in [0.4, 0.5) is 0 Å². The van der Waals surface area contributed by atoms with E-state index in [2.05, 4.69) is 152 Å². The predicted molar refractivity (Wildman–Crippen MR) is 147 cm³/mol. The molecule has 0 unspecified atom stereocenters. The third kappa shape index (κ3) is 5.30. The van der Waals surface area contributed by atoms with Crippen molar-refractivity contribution in [2.75, 3.05) is 0 Å². The maximum atomic E-state index is 4.65. The van der Waals surface area contributed by atoms with Crippen LogP contribution in [0.25, 0.3) is 0 Å². The molecule has 162 valence electrons. The van der Waals surface area contributed by atoms with Crippen molar-refractivity contribution in [1.82, 2.24) is 0 Å². The summed E-state index contributed by atoms with van der Waals surface area (Å²) in [5, 5.41) is 5.12. The van der Waals surface area contributed by atoms with Crippen molar-refractivity contribution in [3.05, 3.63) is 163 Å². The van der Waals surface area contributed by atoms with Gasteiger partial charge < -0.3 is 0 Å². The van der Waals surface area contributed by atoms with Crippen molar-refractivity contribution in [1.29, 1.82) is 0 Å². The van der Waals surface area contributed by atoms with Crippen LogP contribution in [0.15, 0.2) is 158 Å². The molecule has 0 spiro atoms. The summed E-state index contributed by atoms with van der Waals surface area (Å²) in [5.41, 5.74) is 1.37. The third-order valence-corrected chi connectivity index (χ3v) is 10.1. The standard InChI is InChI=1S/C32H30P/c1-28(18-8-2-3-9-19-29-20-10-4-11-21-29)33(30-22-12-5-13-23-30,31-24-14-6-15-25-31)32-26-16-7-17-27-32/h2-8,10-18,20-27H,1,9,19H2/q+1/b3-2-,18-8+. The van der Waals surface area contributed by atoms with Gasteiger partial charge in [0.1, 0.15) is 28.5 Å². The van der Waals surface area contributed by atoms with Gasteiger partial charge in [-0.1, -0.05) is 110 Å². The van der Waals surface area contributed by atoms with Gasteiger partial charge in [-0.15, -0.1) is 0 Å². The predicted octanol–water partition coefficient (Wildman–Crippen LogP) is 7.24. The first-order chi connectivity index (χ1) is 16.3. The molecule has 0 heterocycles. The molecule has 1 heteroatoms. The van der Waals surface area contributed by atoms with Gasteiger partial charge in [0, 0.05) is 0 Å². The van der Waals surface area contributed by atoms with Gasteiger partial charge >= 0.3 is 0 Å². The van der Waals surface area contributed by atoms with E-state index >= 15 is 0 Å². The molecule has 0 aromatic heterocycles. The minimum atomic E-state index is -2.06. The molecule has 4 aromatic carbocycles. The first kappa shape index (κ1) is 22.7. The fraction of sp³-hybridized carbons (Fsp3) is 0.0625. The van der Waals surface area contributed by atoms with Crippen molar-refractivity contribution in [2.45, 2.75) is 12.8 Å². The van der Waals surface area contributed by atoms with Crippen molar-refractivity contribution in [3.8, 4) is 0 Å². The monoisotopic (exact) mass is 445 g/mol. The molecule has 4 rings (SSSR count). The van der Waals surface area contributed by atoms with Gasteiger partial charge in [-0.05, 0) is 60.9 Å². The highest BCUT2D eigenvalue weighted by Gasteiger charge is 2.47. The van der Waals surface area contributed by atoms with Crippen LogP contribution >= 0.6 is 7.26 Å². The zero-order valence-corrected chi connectivity index (χ0v) is 19.8. The quantitative estimate of drug-likeness (QED) is 0.188. The fourth-order valence-corrected chi connectivity index (χ4v) is 8.30. The maximum Gasteiger partial charge on any atom is 0.143 e. The molecule has 0 atom stereocenters. The van der Waals surface area contributed by atoms with E-state index in [1.54, 1.807) is 0 Å². The van der Waals surface area contributed by atoms with Crippen molar-refractivity contribution < 1.29 is 0 Å². The summed E-state index contributed by atoms with van der Waals surface area (Å²) in [6.45, 7) is 4.65. The SMILES string of the molecule is C=C(/C=C/C=C\CCc1ccccc1)[P+](c1ccccc1)(c1ccccc1)c1ccccc1. The zero-order chi connectivity index (χ0) is 22.8. The second-order valence-electron chi connectivity index (χ2n) is 7.98. The Labute approximate surface area is 199 Å². The second kappa shape index (κ2) is 11.4. The van der Waals surface area contributed by atoms with Crippen LogP contribution in [-0.4, -0.2) is 0 Å². The van der Waals surface area contributed by atoms with Crippen LogP contribution in [0.1, 0.15) is 12.0 Å². The van der Waals surface area contributed by atoms with E-state index in [1.807, 2.05) is 0 Å². The van der Waals surface area contributed by atoms with E-state index in [1.165, 1.54) is 21.5 Å². The topological polar surface area (TPSA) is 0 Å². The Morgan fingerprint density at radius 2 is 1.00 bits per heavy atom. The molecule has 0 radical (unpaired) electrons. The number of allylic oxidation sites excluding steroid dienone is 5. The molecule has 4 aromatic rings. The van der Waals surface area contributed by atoms with E-state index in [0.717, 1.165) is 18.2 Å². The summed E-state index contributed by atoms with van der Waals surface area (Å²) in [5.74, 6) is 0. The average molecular weight is 446 g/mol. The van der Waals surface area contributed by atoms with E-state index < -0.39 is 7.26 Å². The van der Waals surface area contributed by atoms with Gasteiger partial charge in [0.15, 0.2) is 0 Å². The van der Waals surface area contributed by atoms with Gasteiger partial charge in [0.05, 0.1) is 0 Å². The summed E-state index contributed by atoms with van der Waals surface area (Å²) < 4.78 is 0. The number of hydrogen-bond donors (Lipinski definition) is 0. The molecule has 0 aliphatic carbocycles. The van der Waals surface area contributed by atoms with Crippen LogP contribution in [-0.2, 0) is 6.42 Å². The Morgan fingerprint density at radius 3 is 1.45 bits per heavy atom. The highest BCUT2D eigenvalue weighted by atomic mass is 31.2. The highest BCUT2D eigenvalue weighted by molar-refractivity contribution is 7.99. The first-order valence-corrected chi connectivity index (χ1v) is 13.2. The number of aryl methyl sites for hydroxylation is 1. The molecule has 0 saturated carbocycles. The lowest BCUT2D eigenvalue weighted by Gasteiger charge is -2.27. The van der Waals surface area contributed by atoms with Crippen LogP contribution in [0.3, 0.4) is 0 Å². The lowest BCUT2D eigenvalue weighted by molar-refractivity contribution is 1.00. The lowest BCUT2D eigenvalue weighted by atomic mass is 10.1. The van der Waals surface area contributed by atoms with E-state index in [9.17, 15) is 0 Å². The largest absolute Gasteiger partial charge is 0.143 e. The van der Waals surface area contributed by atoms with Gasteiger partial charge in [0.2, 0.25) is 0 Å². The number of rotatable bonds is 9. The molecule has 0 aliphatic rings. The molecule has 0 N–H and O–H groups in total. The highest BCUT2D eigenvalue weighted by Crippen LogP contribution is 2.62. The third-order valence-electron chi connectivity index (χ3n) is 5.84. The molecule has 33 heavy (non-hydrogen) atoms. The summed E-state index contributed by atoms with van der Waals surface area (Å²) in [7, 11) is -2.06. The maximum absolute atomic E-state index is 4.65. The van der Waals surface area contributed by atoms with E-state index in [-0.39, 0.29) is 0 Å². The summed E-state index contributed by atoms with van der Waals surface area (Å²) in [4.78, 5) is 0. The van der Waals surface area contributed by atoms with Gasteiger partial charge in [-0.25, -0.2) is 0 Å². The molecule has 0 saturated heterocycles. The molecule has 0 fully saturated rings. The Balaban J connectivity index is 1.67. The Morgan fingerprint density at radius 1 is 0.576 bits per heavy atom. The van der Waals surface area contributed by atoms with Gasteiger partial charge in [-0.2, -0.15) is 0 Å².